The molecule has 0 saturated carbocycles. The number of aryl methyl sites for hydroxylation is 1. The lowest BCUT2D eigenvalue weighted by atomic mass is 10.1. The number of aliphatic carboxylic acids is 1. The highest BCUT2D eigenvalue weighted by molar-refractivity contribution is 9.10. The first kappa shape index (κ1) is 13.5. The average molecular weight is 316 g/mol. The summed E-state index contributed by atoms with van der Waals surface area (Å²) in [7, 11) is 1.86. The summed E-state index contributed by atoms with van der Waals surface area (Å²) >= 11 is 3.38. The Bertz CT molecular complexity index is 452. The van der Waals surface area contributed by atoms with Crippen molar-refractivity contribution in [2.75, 3.05) is 13.1 Å². The van der Waals surface area contributed by atoms with Gasteiger partial charge in [-0.25, -0.2) is 4.98 Å². The van der Waals surface area contributed by atoms with Crippen LogP contribution in [0.15, 0.2) is 4.60 Å². The predicted octanol–water partition coefficient (Wildman–Crippen LogP) is 2.10. The maximum atomic E-state index is 11.6. The minimum atomic E-state index is -0.805. The average Bonchev–Trinajstić information content (AvgIpc) is 2.57. The minimum Gasteiger partial charge on any atom is -0.480 e. The van der Waals surface area contributed by atoms with Crippen molar-refractivity contribution in [3.63, 3.8) is 0 Å². The monoisotopic (exact) mass is 315 g/mol. The Hall–Kier alpha value is -0.880. The van der Waals surface area contributed by atoms with Crippen LogP contribution in [0.5, 0.6) is 0 Å². The third kappa shape index (κ3) is 2.44. The second-order valence-corrected chi connectivity index (χ2v) is 5.48. The Morgan fingerprint density at radius 3 is 2.44 bits per heavy atom. The summed E-state index contributed by atoms with van der Waals surface area (Å²) in [4.78, 5) is 17.9. The highest BCUT2D eigenvalue weighted by Crippen LogP contribution is 2.30. The van der Waals surface area contributed by atoms with E-state index in [4.69, 9.17) is 0 Å². The molecule has 1 atom stereocenters. The largest absolute Gasteiger partial charge is 0.480 e. The van der Waals surface area contributed by atoms with Gasteiger partial charge >= 0.3 is 5.97 Å². The number of hydrogen-bond acceptors (Lipinski definition) is 3. The van der Waals surface area contributed by atoms with Crippen molar-refractivity contribution in [1.82, 2.24) is 14.5 Å². The molecule has 1 saturated heterocycles. The fourth-order valence-electron chi connectivity index (χ4n) is 2.51. The first-order valence-electron chi connectivity index (χ1n) is 6.18. The summed E-state index contributed by atoms with van der Waals surface area (Å²) in [5.74, 6) is 0.0146. The number of imidazole rings is 1. The van der Waals surface area contributed by atoms with Crippen LogP contribution >= 0.6 is 15.9 Å². The van der Waals surface area contributed by atoms with Gasteiger partial charge in [-0.3, -0.25) is 9.69 Å². The van der Waals surface area contributed by atoms with E-state index in [9.17, 15) is 9.90 Å². The number of carboxylic acids is 1. The number of nitrogens with zero attached hydrogens (tertiary/aromatic N) is 3. The zero-order chi connectivity index (χ0) is 13.3. The van der Waals surface area contributed by atoms with Crippen LogP contribution in [-0.4, -0.2) is 38.6 Å². The molecule has 18 heavy (non-hydrogen) atoms. The lowest BCUT2D eigenvalue weighted by molar-refractivity contribution is -0.144. The zero-order valence-electron chi connectivity index (χ0n) is 10.7. The summed E-state index contributed by atoms with van der Waals surface area (Å²) in [5, 5.41) is 9.53. The molecule has 0 aliphatic carbocycles. The van der Waals surface area contributed by atoms with Crippen molar-refractivity contribution in [2.24, 2.45) is 7.05 Å². The van der Waals surface area contributed by atoms with E-state index >= 15 is 0 Å². The molecule has 5 nitrogen and oxygen atoms in total. The number of piperidine rings is 1. The molecule has 1 aliphatic heterocycles. The molecule has 0 bridgehead atoms. The SMILES string of the molecule is Cc1nc(Br)c(C(C(=O)O)N2CCCCC2)n1C. The summed E-state index contributed by atoms with van der Waals surface area (Å²) < 4.78 is 2.50. The van der Waals surface area contributed by atoms with Crippen LogP contribution in [0.4, 0.5) is 0 Å². The zero-order valence-corrected chi connectivity index (χ0v) is 12.3. The van der Waals surface area contributed by atoms with Gasteiger partial charge in [0.15, 0.2) is 6.04 Å². The standard InChI is InChI=1S/C12H18BrN3O2/c1-8-14-11(13)9(15(8)2)10(12(17)18)16-6-4-3-5-7-16/h10H,3-7H2,1-2H3,(H,17,18). The van der Waals surface area contributed by atoms with Gasteiger partial charge in [0.05, 0.1) is 5.69 Å². The molecule has 0 aromatic carbocycles. The van der Waals surface area contributed by atoms with E-state index < -0.39 is 12.0 Å². The van der Waals surface area contributed by atoms with Crippen LogP contribution in [0.2, 0.25) is 0 Å². The van der Waals surface area contributed by atoms with Crippen molar-refractivity contribution in [3.05, 3.63) is 16.1 Å². The van der Waals surface area contributed by atoms with Crippen LogP contribution in [0.1, 0.15) is 36.8 Å². The van der Waals surface area contributed by atoms with Gasteiger partial charge in [-0.15, -0.1) is 0 Å². The molecule has 1 aromatic rings. The number of carbonyl (C=O) groups is 1. The topological polar surface area (TPSA) is 58.4 Å². The molecular formula is C12H18BrN3O2. The van der Waals surface area contributed by atoms with Crippen molar-refractivity contribution in [3.8, 4) is 0 Å². The van der Waals surface area contributed by atoms with Crippen molar-refractivity contribution < 1.29 is 9.90 Å². The quantitative estimate of drug-likeness (QED) is 0.928. The van der Waals surface area contributed by atoms with Gasteiger partial charge in [0.2, 0.25) is 0 Å². The lowest BCUT2D eigenvalue weighted by Gasteiger charge is -2.32. The van der Waals surface area contributed by atoms with Crippen LogP contribution in [-0.2, 0) is 11.8 Å². The van der Waals surface area contributed by atoms with E-state index in [2.05, 4.69) is 20.9 Å². The number of halogens is 1. The second-order valence-electron chi connectivity index (χ2n) is 4.73. The second kappa shape index (κ2) is 5.40. The van der Waals surface area contributed by atoms with Crippen LogP contribution in [0.3, 0.4) is 0 Å². The molecule has 2 rings (SSSR count). The van der Waals surface area contributed by atoms with Crippen LogP contribution in [0.25, 0.3) is 0 Å². The van der Waals surface area contributed by atoms with Gasteiger partial charge in [-0.2, -0.15) is 0 Å². The molecule has 1 fully saturated rings. The molecule has 0 spiro atoms. The first-order chi connectivity index (χ1) is 8.52. The minimum absolute atomic E-state index is 0.606. The fourth-order valence-corrected chi connectivity index (χ4v) is 3.25. The molecule has 1 aliphatic rings. The Labute approximate surface area is 115 Å². The van der Waals surface area contributed by atoms with Crippen molar-refractivity contribution in [1.29, 1.82) is 0 Å². The van der Waals surface area contributed by atoms with E-state index in [-0.39, 0.29) is 0 Å². The van der Waals surface area contributed by atoms with Gasteiger partial charge in [-0.05, 0) is 48.8 Å². The van der Waals surface area contributed by atoms with E-state index in [1.54, 1.807) is 0 Å². The summed E-state index contributed by atoms with van der Waals surface area (Å²) in [6, 6.07) is -0.606. The van der Waals surface area contributed by atoms with Gasteiger partial charge in [0.1, 0.15) is 10.4 Å². The van der Waals surface area contributed by atoms with Gasteiger partial charge in [0.25, 0.3) is 0 Å². The Morgan fingerprint density at radius 2 is 2.00 bits per heavy atom. The summed E-state index contributed by atoms with van der Waals surface area (Å²) in [6.07, 6.45) is 3.32. The third-order valence-corrected chi connectivity index (χ3v) is 4.15. The third-order valence-electron chi connectivity index (χ3n) is 3.57. The smallest absolute Gasteiger partial charge is 0.327 e. The van der Waals surface area contributed by atoms with Gasteiger partial charge in [-0.1, -0.05) is 6.42 Å². The maximum Gasteiger partial charge on any atom is 0.327 e. The van der Waals surface area contributed by atoms with E-state index in [1.807, 2.05) is 23.4 Å². The van der Waals surface area contributed by atoms with Gasteiger partial charge < -0.3 is 9.67 Å². The summed E-state index contributed by atoms with van der Waals surface area (Å²) in [6.45, 7) is 3.56. The molecule has 100 valence electrons. The molecule has 0 amide bonds. The van der Waals surface area contributed by atoms with Crippen LogP contribution < -0.4 is 0 Å². The fraction of sp³-hybridized carbons (Fsp3) is 0.667. The highest BCUT2D eigenvalue weighted by atomic mass is 79.9. The number of likely N-dealkylation sites (tertiary alicyclic amines) is 1. The first-order valence-corrected chi connectivity index (χ1v) is 6.97. The normalized spacial score (nSPS) is 18.8. The molecule has 1 aromatic heterocycles. The number of aromatic nitrogens is 2. The molecule has 2 heterocycles. The predicted molar refractivity (Wildman–Crippen MR) is 71.4 cm³/mol. The maximum absolute atomic E-state index is 11.6. The van der Waals surface area contributed by atoms with Crippen LogP contribution in [0, 0.1) is 6.92 Å². The number of hydrogen-bond donors (Lipinski definition) is 1. The van der Waals surface area contributed by atoms with Gasteiger partial charge in [0, 0.05) is 7.05 Å². The Morgan fingerprint density at radius 1 is 1.39 bits per heavy atom. The highest BCUT2D eigenvalue weighted by Gasteiger charge is 2.33. The summed E-state index contributed by atoms with van der Waals surface area (Å²) in [5.41, 5.74) is 0.738. The number of carboxylic acid groups (broad SMARTS) is 1. The lowest BCUT2D eigenvalue weighted by Crippen LogP contribution is -2.39. The van der Waals surface area contributed by atoms with Crippen molar-refractivity contribution >= 4 is 21.9 Å². The Balaban J connectivity index is 2.37. The molecule has 0 radical (unpaired) electrons. The Kier molecular flexibility index (Phi) is 4.07. The number of rotatable bonds is 3. The molecule has 1 unspecified atom stereocenters. The molecular weight excluding hydrogens is 298 g/mol. The van der Waals surface area contributed by atoms with E-state index in [0.717, 1.165) is 37.4 Å². The molecule has 1 N–H and O–H groups in total. The van der Waals surface area contributed by atoms with E-state index in [0.29, 0.717) is 4.60 Å². The molecule has 6 heteroatoms. The van der Waals surface area contributed by atoms with E-state index in [1.165, 1.54) is 6.42 Å². The van der Waals surface area contributed by atoms with Crippen molar-refractivity contribution in [2.45, 2.75) is 32.2 Å².